The quantitative estimate of drug-likeness (QED) is 0.924. The van der Waals surface area contributed by atoms with Crippen LogP contribution in [0.2, 0.25) is 5.02 Å². The van der Waals surface area contributed by atoms with Gasteiger partial charge in [-0.15, -0.1) is 0 Å². The van der Waals surface area contributed by atoms with Gasteiger partial charge in [-0.3, -0.25) is 4.79 Å². The summed E-state index contributed by atoms with van der Waals surface area (Å²) in [7, 11) is 0. The summed E-state index contributed by atoms with van der Waals surface area (Å²) >= 11 is 5.91. The van der Waals surface area contributed by atoms with Crippen molar-refractivity contribution in [3.63, 3.8) is 0 Å². The van der Waals surface area contributed by atoms with E-state index in [0.29, 0.717) is 17.4 Å². The predicted octanol–water partition coefficient (Wildman–Crippen LogP) is 2.89. The third-order valence-corrected chi connectivity index (χ3v) is 3.57. The number of nitrogens with zero attached hydrogens (tertiary/aromatic N) is 3. The Balaban J connectivity index is 2.22. The highest BCUT2D eigenvalue weighted by Crippen LogP contribution is 2.15. The van der Waals surface area contributed by atoms with Crippen molar-refractivity contribution in [1.82, 2.24) is 20.1 Å². The van der Waals surface area contributed by atoms with E-state index in [0.717, 1.165) is 17.7 Å². The van der Waals surface area contributed by atoms with Crippen LogP contribution in [-0.2, 0) is 11.3 Å². The van der Waals surface area contributed by atoms with Gasteiger partial charge < -0.3 is 5.32 Å². The summed E-state index contributed by atoms with van der Waals surface area (Å²) in [5.41, 5.74) is 1.78. The van der Waals surface area contributed by atoms with E-state index < -0.39 is 0 Å². The van der Waals surface area contributed by atoms with Crippen molar-refractivity contribution in [2.45, 2.75) is 33.7 Å². The molecule has 0 aliphatic heterocycles. The summed E-state index contributed by atoms with van der Waals surface area (Å²) in [5.74, 6) is 0.736. The fourth-order valence-electron chi connectivity index (χ4n) is 1.87. The molecule has 2 aromatic heterocycles. The van der Waals surface area contributed by atoms with Crippen molar-refractivity contribution in [2.75, 3.05) is 0 Å². The van der Waals surface area contributed by atoms with Crippen LogP contribution in [0.3, 0.4) is 0 Å². The molecule has 1 amide bonds. The lowest BCUT2D eigenvalue weighted by molar-refractivity contribution is -0.124. The van der Waals surface area contributed by atoms with Crippen molar-refractivity contribution < 1.29 is 4.79 Å². The number of carbonyl (C=O) groups is 1. The Morgan fingerprint density at radius 1 is 1.48 bits per heavy atom. The zero-order valence-corrected chi connectivity index (χ0v) is 13.2. The minimum Gasteiger partial charge on any atom is -0.352 e. The number of halogens is 1. The van der Waals surface area contributed by atoms with E-state index in [9.17, 15) is 4.79 Å². The second-order valence-electron chi connectivity index (χ2n) is 5.07. The standard InChI is InChI=1S/C15H19ClN4O/c1-4-10(2)15(21)17-7-12-6-5-11(3)19-14(12)20-9-13(16)8-18-20/h5-6,8-10H,4,7H2,1-3H3,(H,17,21)/t10-/m1/s1. The fraction of sp³-hybridized carbons (Fsp3) is 0.400. The number of pyridine rings is 1. The van der Waals surface area contributed by atoms with Crippen LogP contribution in [0.4, 0.5) is 0 Å². The minimum absolute atomic E-state index is 0.00556. The van der Waals surface area contributed by atoms with Crippen LogP contribution in [0.5, 0.6) is 0 Å². The van der Waals surface area contributed by atoms with E-state index in [1.807, 2.05) is 32.9 Å². The van der Waals surface area contributed by atoms with Gasteiger partial charge in [-0.2, -0.15) is 5.10 Å². The molecule has 0 aliphatic carbocycles. The fourth-order valence-corrected chi connectivity index (χ4v) is 2.00. The number of carbonyl (C=O) groups excluding carboxylic acids is 1. The first kappa shape index (κ1) is 15.5. The van der Waals surface area contributed by atoms with Crippen LogP contribution in [0.25, 0.3) is 5.82 Å². The number of hydrogen-bond donors (Lipinski definition) is 1. The molecule has 0 aromatic carbocycles. The van der Waals surface area contributed by atoms with E-state index >= 15 is 0 Å². The van der Waals surface area contributed by atoms with Gasteiger partial charge in [0.05, 0.1) is 17.4 Å². The molecular weight excluding hydrogens is 288 g/mol. The van der Waals surface area contributed by atoms with E-state index in [2.05, 4.69) is 15.4 Å². The van der Waals surface area contributed by atoms with Crippen LogP contribution < -0.4 is 5.32 Å². The summed E-state index contributed by atoms with van der Waals surface area (Å²) in [6, 6.07) is 3.86. The summed E-state index contributed by atoms with van der Waals surface area (Å²) < 4.78 is 1.63. The molecule has 112 valence electrons. The van der Waals surface area contributed by atoms with Crippen molar-refractivity contribution in [1.29, 1.82) is 0 Å². The maximum Gasteiger partial charge on any atom is 0.223 e. The number of nitrogens with one attached hydrogen (secondary N) is 1. The normalized spacial score (nSPS) is 12.2. The van der Waals surface area contributed by atoms with Crippen molar-refractivity contribution >= 4 is 17.5 Å². The van der Waals surface area contributed by atoms with Crippen LogP contribution >= 0.6 is 11.6 Å². The first-order valence-corrected chi connectivity index (χ1v) is 7.33. The van der Waals surface area contributed by atoms with E-state index in [1.165, 1.54) is 0 Å². The largest absolute Gasteiger partial charge is 0.352 e. The summed E-state index contributed by atoms with van der Waals surface area (Å²) in [5, 5.41) is 7.66. The third-order valence-electron chi connectivity index (χ3n) is 3.38. The van der Waals surface area contributed by atoms with Crippen LogP contribution in [-0.4, -0.2) is 20.7 Å². The average Bonchev–Trinajstić information content (AvgIpc) is 2.91. The smallest absolute Gasteiger partial charge is 0.223 e. The Kier molecular flexibility index (Phi) is 4.96. The molecule has 0 unspecified atom stereocenters. The zero-order valence-electron chi connectivity index (χ0n) is 12.4. The molecule has 1 N–H and O–H groups in total. The number of aromatic nitrogens is 3. The lowest BCUT2D eigenvalue weighted by Gasteiger charge is -2.13. The summed E-state index contributed by atoms with van der Waals surface area (Å²) in [6.45, 7) is 6.24. The van der Waals surface area contributed by atoms with Crippen LogP contribution in [0, 0.1) is 12.8 Å². The van der Waals surface area contributed by atoms with Gasteiger partial charge >= 0.3 is 0 Å². The maximum absolute atomic E-state index is 11.9. The first-order chi connectivity index (χ1) is 10.0. The molecule has 2 heterocycles. The van der Waals surface area contributed by atoms with Gasteiger partial charge in [0.15, 0.2) is 5.82 Å². The van der Waals surface area contributed by atoms with Gasteiger partial charge in [0.25, 0.3) is 0 Å². The van der Waals surface area contributed by atoms with Gasteiger partial charge in [0.1, 0.15) is 0 Å². The van der Waals surface area contributed by atoms with Crippen molar-refractivity contribution in [3.05, 3.63) is 40.8 Å². The number of amides is 1. The molecule has 2 rings (SSSR count). The van der Waals surface area contributed by atoms with E-state index in [-0.39, 0.29) is 11.8 Å². The monoisotopic (exact) mass is 306 g/mol. The highest BCUT2D eigenvalue weighted by atomic mass is 35.5. The molecule has 1 atom stereocenters. The molecule has 0 aliphatic rings. The molecule has 0 spiro atoms. The van der Waals surface area contributed by atoms with Crippen molar-refractivity contribution in [2.24, 2.45) is 5.92 Å². The van der Waals surface area contributed by atoms with Gasteiger partial charge in [-0.05, 0) is 19.4 Å². The Morgan fingerprint density at radius 2 is 2.24 bits per heavy atom. The maximum atomic E-state index is 11.9. The van der Waals surface area contributed by atoms with Gasteiger partial charge in [-0.1, -0.05) is 31.5 Å². The Morgan fingerprint density at radius 3 is 2.86 bits per heavy atom. The van der Waals surface area contributed by atoms with Gasteiger partial charge in [0.2, 0.25) is 5.91 Å². The van der Waals surface area contributed by atoms with Crippen LogP contribution in [0.15, 0.2) is 24.5 Å². The Hall–Kier alpha value is -1.88. The first-order valence-electron chi connectivity index (χ1n) is 6.96. The second-order valence-corrected chi connectivity index (χ2v) is 5.50. The second kappa shape index (κ2) is 6.72. The van der Waals surface area contributed by atoms with Gasteiger partial charge in [-0.25, -0.2) is 9.67 Å². The third kappa shape index (κ3) is 3.82. The molecule has 0 saturated heterocycles. The molecule has 5 nitrogen and oxygen atoms in total. The highest BCUT2D eigenvalue weighted by Gasteiger charge is 2.13. The lowest BCUT2D eigenvalue weighted by Crippen LogP contribution is -2.29. The van der Waals surface area contributed by atoms with Crippen molar-refractivity contribution in [3.8, 4) is 5.82 Å². The Labute approximate surface area is 129 Å². The lowest BCUT2D eigenvalue weighted by atomic mass is 10.1. The molecule has 6 heteroatoms. The molecule has 0 radical (unpaired) electrons. The SMILES string of the molecule is CC[C@@H](C)C(=O)NCc1ccc(C)nc1-n1cc(Cl)cn1. The van der Waals surface area contributed by atoms with Crippen LogP contribution in [0.1, 0.15) is 31.5 Å². The van der Waals surface area contributed by atoms with E-state index in [1.54, 1.807) is 17.1 Å². The highest BCUT2D eigenvalue weighted by molar-refractivity contribution is 6.30. The number of rotatable bonds is 5. The predicted molar refractivity (Wildman–Crippen MR) is 82.4 cm³/mol. The molecule has 0 fully saturated rings. The molecule has 0 saturated carbocycles. The minimum atomic E-state index is 0.00556. The summed E-state index contributed by atoms with van der Waals surface area (Å²) in [6.07, 6.45) is 4.08. The summed E-state index contributed by atoms with van der Waals surface area (Å²) in [4.78, 5) is 16.4. The molecule has 21 heavy (non-hydrogen) atoms. The van der Waals surface area contributed by atoms with E-state index in [4.69, 9.17) is 11.6 Å². The average molecular weight is 307 g/mol. The Bertz CT molecular complexity index is 638. The molecular formula is C15H19ClN4O. The topological polar surface area (TPSA) is 59.8 Å². The molecule has 0 bridgehead atoms. The number of hydrogen-bond acceptors (Lipinski definition) is 3. The zero-order chi connectivity index (χ0) is 15.4. The molecule has 2 aromatic rings. The number of aryl methyl sites for hydroxylation is 1. The van der Waals surface area contributed by atoms with Gasteiger partial charge in [0, 0.05) is 23.7 Å².